The summed E-state index contributed by atoms with van der Waals surface area (Å²) in [5, 5.41) is 0. The van der Waals surface area contributed by atoms with Crippen LogP contribution in [0.2, 0.25) is 11.5 Å². The fourth-order valence-electron chi connectivity index (χ4n) is 4.12. The third-order valence-corrected chi connectivity index (χ3v) is 34.8. The van der Waals surface area contributed by atoms with Gasteiger partial charge in [-0.15, -0.1) is 0 Å². The normalized spacial score (nSPS) is 18.4. The second-order valence-corrected chi connectivity index (χ2v) is 35.7. The van der Waals surface area contributed by atoms with Gasteiger partial charge in [-0.05, 0) is 0 Å². The molecule has 0 spiro atoms. The van der Waals surface area contributed by atoms with E-state index in [0.29, 0.717) is 0 Å². The van der Waals surface area contributed by atoms with Gasteiger partial charge in [-0.25, -0.2) is 0 Å². The number of allylic oxidation sites excluding steroid dienone is 6. The molecule has 3 rings (SSSR count). The molecule has 0 saturated carbocycles. The zero-order valence-electron chi connectivity index (χ0n) is 15.4. The van der Waals surface area contributed by atoms with Crippen LogP contribution in [-0.4, -0.2) is 9.98 Å². The van der Waals surface area contributed by atoms with Crippen molar-refractivity contribution in [3.8, 4) is 0 Å². The monoisotopic (exact) mass is 500 g/mol. The van der Waals surface area contributed by atoms with Crippen molar-refractivity contribution in [1.29, 1.82) is 0 Å². The Labute approximate surface area is 168 Å². The zero-order valence-corrected chi connectivity index (χ0v) is 21.5. The smallest absolute Gasteiger partial charge is 1.00 e. The van der Waals surface area contributed by atoms with Crippen molar-refractivity contribution in [2.24, 2.45) is 0 Å². The Balaban J connectivity index is 0.00000144. The van der Waals surface area contributed by atoms with Crippen LogP contribution in [0.4, 0.5) is 0 Å². The summed E-state index contributed by atoms with van der Waals surface area (Å²) < 4.78 is 2.77. The molecule has 0 aromatic heterocycles. The molecule has 0 N–H and O–H groups in total. The SMILES string of the molecule is CC1=CC(C)=[C]([Zr+2]([CH]2C(C)=C(C)c3ccccc32)=[Ge]([CH3])[CH3])C1.[Cl-].[Cl-]. The molecule has 128 valence electrons. The van der Waals surface area contributed by atoms with E-state index in [9.17, 15) is 0 Å². The molecule has 4 heteroatoms. The first kappa shape index (κ1) is 22.5. The number of benzene rings is 1. The topological polar surface area (TPSA) is 0 Å². The summed E-state index contributed by atoms with van der Waals surface area (Å²) in [6.45, 7) is 9.46. The largest absolute Gasteiger partial charge is 1.00 e. The predicted octanol–water partition coefficient (Wildman–Crippen LogP) is 0.0360. The molecule has 24 heavy (non-hydrogen) atoms. The number of hydrogen-bond donors (Lipinski definition) is 0. The Morgan fingerprint density at radius 3 is 2.17 bits per heavy atom. The fourth-order valence-corrected chi connectivity index (χ4v) is 36.1. The first-order valence-electron chi connectivity index (χ1n) is 8.23. The van der Waals surface area contributed by atoms with Crippen LogP contribution in [0.5, 0.6) is 0 Å². The summed E-state index contributed by atoms with van der Waals surface area (Å²) in [7, 11) is -0.903. The summed E-state index contributed by atoms with van der Waals surface area (Å²) in [6, 6.07) is 9.23. The van der Waals surface area contributed by atoms with Gasteiger partial charge >= 0.3 is 145 Å². The summed E-state index contributed by atoms with van der Waals surface area (Å²) >= 11 is -1.61. The quantitative estimate of drug-likeness (QED) is 0.503. The molecule has 0 nitrogen and oxygen atoms in total. The van der Waals surface area contributed by atoms with Crippen molar-refractivity contribution < 1.29 is 43.4 Å². The van der Waals surface area contributed by atoms with Crippen molar-refractivity contribution >= 4 is 15.5 Å². The van der Waals surface area contributed by atoms with Crippen LogP contribution in [-0.2, 0) is 18.6 Å². The summed E-state index contributed by atoms with van der Waals surface area (Å²) in [6.07, 6.45) is 3.76. The molecule has 2 aliphatic rings. The Morgan fingerprint density at radius 1 is 1.00 bits per heavy atom. The molecule has 0 heterocycles. The maximum absolute atomic E-state index is 2.65. The van der Waals surface area contributed by atoms with E-state index in [0.717, 1.165) is 3.63 Å². The van der Waals surface area contributed by atoms with Gasteiger partial charge in [0, 0.05) is 0 Å². The van der Waals surface area contributed by atoms with E-state index in [1.165, 1.54) is 6.42 Å². The molecular formula is C20H26Cl2GeZr. The molecule has 1 atom stereocenters. The Kier molecular flexibility index (Phi) is 8.33. The molecule has 0 bridgehead atoms. The Hall–Kier alpha value is 0.446. The van der Waals surface area contributed by atoms with Crippen LogP contribution >= 0.6 is 0 Å². The van der Waals surface area contributed by atoms with Gasteiger partial charge in [0.05, 0.1) is 0 Å². The molecule has 1 aromatic carbocycles. The number of halogens is 2. The standard InChI is InChI=1S/C11H11.C7H9.C2H6Ge.2ClH.Zr/c1-8-7-10-5-3-4-6-11(10)9(8)2;1-6-3-4-7(2)5-6;1-3-2;;;/h3-7H,1-2H3;5H,3H2,1-2H3;1-2H3;2*1H;/q;;;;;+2/p-2. The van der Waals surface area contributed by atoms with E-state index in [1.54, 1.807) is 33.4 Å². The minimum absolute atomic E-state index is 0. The van der Waals surface area contributed by atoms with E-state index < -0.39 is 28.6 Å². The molecular weight excluding hydrogens is 475 g/mol. The maximum atomic E-state index is 2.65. The summed E-state index contributed by atoms with van der Waals surface area (Å²) in [5.74, 6) is 5.29. The van der Waals surface area contributed by atoms with E-state index in [4.69, 9.17) is 0 Å². The van der Waals surface area contributed by atoms with E-state index in [2.05, 4.69) is 69.5 Å². The second kappa shape index (κ2) is 8.89. The Morgan fingerprint density at radius 2 is 1.62 bits per heavy atom. The van der Waals surface area contributed by atoms with E-state index >= 15 is 0 Å². The first-order valence-corrected chi connectivity index (χ1v) is 22.5. The maximum Gasteiger partial charge on any atom is -1.00 e. The predicted molar refractivity (Wildman–Crippen MR) is 96.0 cm³/mol. The molecule has 0 radical (unpaired) electrons. The number of fused-ring (bicyclic) bond motifs is 1. The van der Waals surface area contributed by atoms with E-state index in [-0.39, 0.29) is 24.8 Å². The van der Waals surface area contributed by atoms with Crippen LogP contribution in [0.3, 0.4) is 0 Å². The van der Waals surface area contributed by atoms with Gasteiger partial charge in [0.15, 0.2) is 0 Å². The van der Waals surface area contributed by atoms with Gasteiger partial charge in [0.1, 0.15) is 0 Å². The van der Waals surface area contributed by atoms with Crippen LogP contribution in [0.1, 0.15) is 48.9 Å². The van der Waals surface area contributed by atoms with Gasteiger partial charge in [-0.1, -0.05) is 0 Å². The minimum Gasteiger partial charge on any atom is -1.00 e. The second-order valence-electron chi connectivity index (χ2n) is 7.07. The van der Waals surface area contributed by atoms with Gasteiger partial charge in [-0.2, -0.15) is 0 Å². The van der Waals surface area contributed by atoms with Crippen LogP contribution in [0.15, 0.2) is 50.3 Å². The average molecular weight is 501 g/mol. The molecule has 0 fully saturated rings. The minimum atomic E-state index is -1.61. The zero-order chi connectivity index (χ0) is 16.0. The fraction of sp³-hybridized carbons (Fsp3) is 0.400. The van der Waals surface area contributed by atoms with Crippen molar-refractivity contribution in [2.75, 3.05) is 0 Å². The molecule has 1 unspecified atom stereocenters. The molecule has 2 aliphatic carbocycles. The van der Waals surface area contributed by atoms with Crippen molar-refractivity contribution in [1.82, 2.24) is 0 Å². The van der Waals surface area contributed by atoms with Crippen LogP contribution in [0, 0.1) is 0 Å². The summed E-state index contributed by atoms with van der Waals surface area (Å²) in [4.78, 5) is 0. The molecule has 1 aromatic rings. The third-order valence-electron chi connectivity index (χ3n) is 5.25. The summed E-state index contributed by atoms with van der Waals surface area (Å²) in [5.41, 5.74) is 9.72. The van der Waals surface area contributed by atoms with Gasteiger partial charge in [0.2, 0.25) is 0 Å². The van der Waals surface area contributed by atoms with E-state index in [1.807, 2.05) is 3.28 Å². The van der Waals surface area contributed by atoms with Crippen LogP contribution < -0.4 is 24.8 Å². The van der Waals surface area contributed by atoms with Gasteiger partial charge in [-0.3, -0.25) is 0 Å². The average Bonchev–Trinajstić information content (AvgIpc) is 2.92. The Bertz CT molecular complexity index is 781. The molecule has 0 aliphatic heterocycles. The first-order chi connectivity index (χ1) is 10.4. The van der Waals surface area contributed by atoms with Crippen molar-refractivity contribution in [3.05, 3.63) is 61.5 Å². The number of hydrogen-bond acceptors (Lipinski definition) is 0. The van der Waals surface area contributed by atoms with Crippen molar-refractivity contribution in [3.63, 3.8) is 0 Å². The number of rotatable bonds is 2. The molecule has 0 saturated heterocycles. The van der Waals surface area contributed by atoms with Gasteiger partial charge in [0.25, 0.3) is 0 Å². The van der Waals surface area contributed by atoms with Crippen molar-refractivity contribution in [2.45, 2.75) is 49.3 Å². The van der Waals surface area contributed by atoms with Gasteiger partial charge < -0.3 is 24.8 Å². The van der Waals surface area contributed by atoms with Crippen LogP contribution in [0.25, 0.3) is 5.57 Å². The third kappa shape index (κ3) is 3.90. The molecule has 0 amide bonds.